The lowest BCUT2D eigenvalue weighted by Gasteiger charge is -2.24. The Labute approximate surface area is 396 Å². The van der Waals surface area contributed by atoms with Gasteiger partial charge in [-0.25, -0.2) is 24.3 Å². The Morgan fingerprint density at radius 1 is 0.647 bits per heavy atom. The summed E-state index contributed by atoms with van der Waals surface area (Å²) in [6.45, 7) is 11.5. The van der Waals surface area contributed by atoms with E-state index in [0.29, 0.717) is 60.9 Å². The van der Waals surface area contributed by atoms with Gasteiger partial charge < -0.3 is 50.5 Å². The van der Waals surface area contributed by atoms with Crippen LogP contribution in [0.4, 0.5) is 39.4 Å². The highest BCUT2D eigenvalue weighted by Crippen LogP contribution is 2.28. The summed E-state index contributed by atoms with van der Waals surface area (Å²) < 4.78 is 36.6. The largest absolute Gasteiger partial charge is 0.491 e. The molecule has 17 heteroatoms. The van der Waals surface area contributed by atoms with Crippen LogP contribution in [0.1, 0.15) is 67.1 Å². The highest BCUT2D eigenvalue weighted by molar-refractivity contribution is 5.58. The zero-order valence-corrected chi connectivity index (χ0v) is 38.5. The summed E-state index contributed by atoms with van der Waals surface area (Å²) in [7, 11) is 0. The van der Waals surface area contributed by atoms with Gasteiger partial charge in [0.25, 0.3) is 0 Å². The third-order valence-electron chi connectivity index (χ3n) is 11.4. The lowest BCUT2D eigenvalue weighted by Crippen LogP contribution is -2.33. The van der Waals surface area contributed by atoms with E-state index >= 15 is 0 Å². The summed E-state index contributed by atoms with van der Waals surface area (Å²) in [5.74, 6) is 2.44. The molecule has 6 N–H and O–H groups in total. The second-order valence-electron chi connectivity index (χ2n) is 16.3. The number of hydrogen-bond donors (Lipinski definition) is 6. The van der Waals surface area contributed by atoms with E-state index in [-0.39, 0.29) is 18.0 Å². The maximum Gasteiger partial charge on any atom is 0.320 e. The monoisotopic (exact) mass is 922 g/mol. The van der Waals surface area contributed by atoms with Crippen LogP contribution in [0, 0.1) is 5.82 Å². The van der Waals surface area contributed by atoms with Gasteiger partial charge in [0.05, 0.1) is 50.1 Å². The molecule has 0 spiro atoms. The molecule has 6 heterocycles. The lowest BCUT2D eigenvalue weighted by molar-refractivity contribution is 0.0275. The molecule has 0 aliphatic carbocycles. The SMILES string of the molecule is CCOc1cnc(Nc2ccc([C@@H]3CCCNC3)cc2)nc1.CCc1cnc(Nc2ccc([C@@H]3CNCCO3)cc2F)nc1.c1ccc(-c2nnc(Nc3ccc([C@H]4CNCCO4)cc3)o2)cc1. The standard InChI is InChI=1S/C18H18N4O2.C17H22N4O.C16H19FN4O/c1-2-4-14(5-3-1)17-21-22-18(24-17)20-15-8-6-13(7-9-15)16-12-19-10-11-23-16;1-2-22-16-11-19-17(20-12-16)21-15-7-5-13(6-8-15)14-4-3-9-18-10-14;1-2-11-8-19-16(20-9-11)21-14-4-3-12(7-13(14)17)15-10-18-5-6-22-15/h1-9,16,19H,10-12H2,(H,20,22);5-8,11-12,14,18H,2-4,9-10H2,1H3,(H,19,20,21);3-4,7-9,15,18H,2,5-6,10H2,1H3,(H,19,20,21)/t16-;14-;15-/m110/s1. The maximum absolute atomic E-state index is 14.2. The second kappa shape index (κ2) is 24.8. The number of morpholine rings is 2. The molecule has 68 heavy (non-hydrogen) atoms. The molecule has 10 rings (SSSR count). The van der Waals surface area contributed by atoms with Crippen molar-refractivity contribution < 1.29 is 23.0 Å². The highest BCUT2D eigenvalue weighted by atomic mass is 19.1. The van der Waals surface area contributed by atoms with Crippen molar-refractivity contribution in [2.75, 3.05) is 75.0 Å². The fourth-order valence-electron chi connectivity index (χ4n) is 7.72. The fraction of sp³-hybridized carbons (Fsp3) is 0.333. The van der Waals surface area contributed by atoms with Crippen molar-refractivity contribution in [3.8, 4) is 17.2 Å². The molecule has 3 aromatic heterocycles. The molecular weight excluding hydrogens is 864 g/mol. The Morgan fingerprint density at radius 3 is 1.88 bits per heavy atom. The van der Waals surface area contributed by atoms with Crippen LogP contribution in [-0.4, -0.2) is 89.2 Å². The fourth-order valence-corrected chi connectivity index (χ4v) is 7.72. The normalized spacial score (nSPS) is 17.9. The van der Waals surface area contributed by atoms with Crippen molar-refractivity contribution in [3.63, 3.8) is 0 Å². The predicted octanol–water partition coefficient (Wildman–Crippen LogP) is 8.81. The number of aryl methyl sites for hydroxylation is 1. The Morgan fingerprint density at radius 2 is 1.26 bits per heavy atom. The molecule has 0 amide bonds. The van der Waals surface area contributed by atoms with E-state index in [2.05, 4.69) is 98.4 Å². The lowest BCUT2D eigenvalue weighted by atomic mass is 9.92. The Kier molecular flexibility index (Phi) is 17.3. The van der Waals surface area contributed by atoms with Crippen molar-refractivity contribution >= 4 is 35.0 Å². The molecule has 4 aromatic carbocycles. The van der Waals surface area contributed by atoms with Crippen molar-refractivity contribution in [2.24, 2.45) is 0 Å². The second-order valence-corrected chi connectivity index (χ2v) is 16.3. The summed E-state index contributed by atoms with van der Waals surface area (Å²) in [5, 5.41) is 27.4. The van der Waals surface area contributed by atoms with E-state index in [4.69, 9.17) is 18.6 Å². The number of aromatic nitrogens is 6. The van der Waals surface area contributed by atoms with Crippen LogP contribution >= 0.6 is 0 Å². The first kappa shape index (κ1) is 47.6. The van der Waals surface area contributed by atoms with Crippen LogP contribution in [0.5, 0.6) is 5.75 Å². The van der Waals surface area contributed by atoms with Gasteiger partial charge >= 0.3 is 6.01 Å². The maximum atomic E-state index is 14.2. The van der Waals surface area contributed by atoms with E-state index in [1.54, 1.807) is 30.9 Å². The minimum Gasteiger partial charge on any atom is -0.491 e. The number of halogens is 1. The van der Waals surface area contributed by atoms with Gasteiger partial charge in [0, 0.05) is 62.1 Å². The molecule has 3 aliphatic heterocycles. The van der Waals surface area contributed by atoms with Crippen LogP contribution in [0.15, 0.2) is 126 Å². The third kappa shape index (κ3) is 13.8. The summed E-state index contributed by atoms with van der Waals surface area (Å²) in [6, 6.07) is 31.8. The number of benzene rings is 4. The van der Waals surface area contributed by atoms with Crippen LogP contribution in [0.2, 0.25) is 0 Å². The van der Waals surface area contributed by atoms with E-state index in [0.717, 1.165) is 79.4 Å². The first-order valence-corrected chi connectivity index (χ1v) is 23.3. The molecule has 0 radical (unpaired) electrons. The zero-order chi connectivity index (χ0) is 46.8. The topological polar surface area (TPSA) is 190 Å². The number of hydrogen-bond acceptors (Lipinski definition) is 16. The van der Waals surface area contributed by atoms with E-state index in [9.17, 15) is 4.39 Å². The van der Waals surface area contributed by atoms with Crippen LogP contribution in [0.25, 0.3) is 11.5 Å². The molecule has 3 aliphatic rings. The molecule has 7 aromatic rings. The number of nitrogens with zero attached hydrogens (tertiary/aromatic N) is 6. The minimum absolute atomic E-state index is 0.0996. The molecular formula is C51H59FN12O4. The number of piperidine rings is 1. The van der Waals surface area contributed by atoms with Crippen LogP contribution < -0.4 is 36.6 Å². The van der Waals surface area contributed by atoms with Gasteiger partial charge in [-0.3, -0.25) is 0 Å². The van der Waals surface area contributed by atoms with E-state index in [1.807, 2.05) is 62.4 Å². The zero-order valence-electron chi connectivity index (χ0n) is 38.5. The molecule has 3 fully saturated rings. The smallest absolute Gasteiger partial charge is 0.320 e. The summed E-state index contributed by atoms with van der Waals surface area (Å²) in [6.07, 6.45) is 10.2. The predicted molar refractivity (Wildman–Crippen MR) is 261 cm³/mol. The molecule has 0 unspecified atom stereocenters. The van der Waals surface area contributed by atoms with Crippen LogP contribution in [0.3, 0.4) is 0 Å². The first-order chi connectivity index (χ1) is 33.5. The van der Waals surface area contributed by atoms with Crippen molar-refractivity contribution in [1.29, 1.82) is 0 Å². The van der Waals surface area contributed by atoms with Crippen molar-refractivity contribution in [1.82, 2.24) is 46.1 Å². The summed E-state index contributed by atoms with van der Waals surface area (Å²) in [4.78, 5) is 16.8. The van der Waals surface area contributed by atoms with Crippen molar-refractivity contribution in [2.45, 2.75) is 51.2 Å². The van der Waals surface area contributed by atoms with Gasteiger partial charge in [-0.1, -0.05) is 60.6 Å². The molecule has 0 saturated carbocycles. The molecule has 0 bridgehead atoms. The molecule has 354 valence electrons. The van der Waals surface area contributed by atoms with Gasteiger partial charge in [0.15, 0.2) is 5.75 Å². The highest BCUT2D eigenvalue weighted by Gasteiger charge is 2.19. The molecule has 16 nitrogen and oxygen atoms in total. The van der Waals surface area contributed by atoms with Crippen molar-refractivity contribution in [3.05, 3.63) is 150 Å². The summed E-state index contributed by atoms with van der Waals surface area (Å²) >= 11 is 0. The quantitative estimate of drug-likeness (QED) is 0.0643. The van der Waals surface area contributed by atoms with Gasteiger partial charge in [-0.2, -0.15) is 0 Å². The minimum atomic E-state index is -0.338. The average molecular weight is 923 g/mol. The van der Waals surface area contributed by atoms with Gasteiger partial charge in [0.2, 0.25) is 17.8 Å². The number of ether oxygens (including phenoxy) is 3. The van der Waals surface area contributed by atoms with E-state index < -0.39 is 0 Å². The van der Waals surface area contributed by atoms with Crippen LogP contribution in [-0.2, 0) is 15.9 Å². The van der Waals surface area contributed by atoms with Gasteiger partial charge in [-0.15, -0.1) is 5.10 Å². The Hall–Kier alpha value is -6.89. The molecule has 3 saturated heterocycles. The Balaban J connectivity index is 0.000000138. The summed E-state index contributed by atoms with van der Waals surface area (Å²) in [5.41, 5.74) is 7.57. The number of rotatable bonds is 13. The molecule has 3 atom stereocenters. The van der Waals surface area contributed by atoms with Gasteiger partial charge in [0.1, 0.15) is 5.82 Å². The Bertz CT molecular complexity index is 2550. The third-order valence-corrected chi connectivity index (χ3v) is 11.4. The number of anilines is 6. The number of nitrogens with one attached hydrogen (secondary N) is 6. The average Bonchev–Trinajstić information content (AvgIpc) is 3.88. The van der Waals surface area contributed by atoms with E-state index in [1.165, 1.54) is 24.5 Å². The first-order valence-electron chi connectivity index (χ1n) is 23.3. The van der Waals surface area contributed by atoms with Gasteiger partial charge in [-0.05, 0) is 109 Å².